The summed E-state index contributed by atoms with van der Waals surface area (Å²) in [7, 11) is -3.72. The number of carbonyl (C=O) groups excluding carboxylic acids is 1. The second kappa shape index (κ2) is 11.4. The number of nitrogens with one attached hydrogen (secondary N) is 5. The van der Waals surface area contributed by atoms with Crippen LogP contribution in [-0.4, -0.2) is 30.1 Å². The molecule has 0 atom stereocenters. The van der Waals surface area contributed by atoms with Crippen molar-refractivity contribution in [3.8, 4) is 0 Å². The van der Waals surface area contributed by atoms with Gasteiger partial charge in [-0.15, -0.1) is 0 Å². The highest BCUT2D eigenvalue weighted by Crippen LogP contribution is 2.21. The van der Waals surface area contributed by atoms with Crippen molar-refractivity contribution in [1.82, 2.24) is 15.3 Å². The Morgan fingerprint density at radius 1 is 0.923 bits per heavy atom. The molecule has 0 saturated carbocycles. The lowest BCUT2D eigenvalue weighted by Gasteiger charge is -2.20. The summed E-state index contributed by atoms with van der Waals surface area (Å²) in [5, 5.41) is 10.0. The summed E-state index contributed by atoms with van der Waals surface area (Å²) in [5.74, 6) is 0.345. The van der Waals surface area contributed by atoms with Gasteiger partial charge in [-0.3, -0.25) is 15.5 Å². The zero-order valence-corrected chi connectivity index (χ0v) is 22.9. The van der Waals surface area contributed by atoms with Crippen LogP contribution in [0.4, 0.5) is 22.1 Å². The number of anilines is 3. The molecule has 5 N–H and O–H groups in total. The second-order valence-corrected chi connectivity index (χ2v) is 11.5. The Hall–Kier alpha value is -4.64. The number of aromatic nitrogens is 2. The largest absolute Gasteiger partial charge is 0.325 e. The summed E-state index contributed by atoms with van der Waals surface area (Å²) in [6, 6.07) is 22.0. The van der Waals surface area contributed by atoms with Crippen molar-refractivity contribution in [3.05, 3.63) is 90.6 Å². The fourth-order valence-corrected chi connectivity index (χ4v) is 4.60. The lowest BCUT2D eigenvalue weighted by atomic mass is 9.89. The van der Waals surface area contributed by atoms with E-state index < -0.39 is 16.1 Å². The summed E-state index contributed by atoms with van der Waals surface area (Å²) in [6.45, 7) is 7.75. The predicted octanol–water partition coefficient (Wildman–Crippen LogP) is 5.90. The van der Waals surface area contributed by atoms with Crippen molar-refractivity contribution < 1.29 is 13.2 Å². The molecule has 0 aliphatic carbocycles. The number of hydrogen-bond acceptors (Lipinski definition) is 6. The van der Waals surface area contributed by atoms with Crippen molar-refractivity contribution in [3.63, 3.8) is 0 Å². The van der Waals surface area contributed by atoms with Gasteiger partial charge in [-0.2, -0.15) is 5.10 Å². The van der Waals surface area contributed by atoms with Gasteiger partial charge in [0.25, 0.3) is 10.0 Å². The molecule has 39 heavy (non-hydrogen) atoms. The van der Waals surface area contributed by atoms with E-state index in [1.165, 1.54) is 12.1 Å². The highest BCUT2D eigenvalue weighted by Gasteiger charge is 2.19. The van der Waals surface area contributed by atoms with Gasteiger partial charge in [0.1, 0.15) is 0 Å². The van der Waals surface area contributed by atoms with Crippen molar-refractivity contribution in [2.24, 2.45) is 10.5 Å². The average Bonchev–Trinajstić information content (AvgIpc) is 3.28. The van der Waals surface area contributed by atoms with Gasteiger partial charge in [0.2, 0.25) is 5.95 Å². The van der Waals surface area contributed by atoms with Crippen LogP contribution in [0.3, 0.4) is 0 Å². The molecule has 202 valence electrons. The number of aromatic amines is 1. The number of nitrogens with zero attached hydrogens (tertiary/aromatic N) is 2. The molecule has 0 aliphatic heterocycles. The molecule has 11 heteroatoms. The number of imidazole rings is 1. The molecule has 0 radical (unpaired) electrons. The highest BCUT2D eigenvalue weighted by atomic mass is 32.2. The number of carbonyl (C=O) groups is 1. The number of rotatable bonds is 8. The summed E-state index contributed by atoms with van der Waals surface area (Å²) in [4.78, 5) is 20.0. The first-order valence-electron chi connectivity index (χ1n) is 12.2. The average molecular weight is 546 g/mol. The molecule has 0 bridgehead atoms. The number of hydrogen-bond donors (Lipinski definition) is 5. The molecule has 1 aromatic heterocycles. The zero-order chi connectivity index (χ0) is 28.0. The van der Waals surface area contributed by atoms with Gasteiger partial charge in [0.15, 0.2) is 0 Å². The molecule has 1 heterocycles. The molecule has 4 aromatic rings. The van der Waals surface area contributed by atoms with Gasteiger partial charge >= 0.3 is 6.03 Å². The standard InChI is InChI=1S/C28H31N7O3S/c1-19(29-27(36)32-26-30-23-12-8-9-13-24(23)31-26)18-25(28(2,3)4)34-33-20-14-16-22(17-15-20)39(37,38)35-21-10-6-5-7-11-21/h5-18,33,35H,1-4H3,(H3,29,30,31,32,36)/b19-18+,34-25+. The van der Waals surface area contributed by atoms with E-state index in [2.05, 4.69) is 35.9 Å². The molecule has 3 aromatic carbocycles. The zero-order valence-electron chi connectivity index (χ0n) is 22.1. The van der Waals surface area contributed by atoms with E-state index in [0.29, 0.717) is 28.7 Å². The highest BCUT2D eigenvalue weighted by molar-refractivity contribution is 7.92. The Morgan fingerprint density at radius 3 is 2.26 bits per heavy atom. The van der Waals surface area contributed by atoms with Gasteiger partial charge in [0, 0.05) is 16.8 Å². The quantitative estimate of drug-likeness (QED) is 0.138. The van der Waals surface area contributed by atoms with Gasteiger partial charge in [0.05, 0.1) is 27.3 Å². The molecule has 0 saturated heterocycles. The van der Waals surface area contributed by atoms with E-state index in [-0.39, 0.29) is 10.3 Å². The topological polar surface area (TPSA) is 140 Å². The molecular weight excluding hydrogens is 514 g/mol. The van der Waals surface area contributed by atoms with Gasteiger partial charge in [-0.05, 0) is 61.5 Å². The molecule has 0 spiro atoms. The number of H-pyrrole nitrogens is 1. The van der Waals surface area contributed by atoms with Crippen LogP contribution in [-0.2, 0) is 10.0 Å². The Balaban J connectivity index is 1.41. The number of fused-ring (bicyclic) bond motifs is 1. The number of para-hydroxylation sites is 3. The molecule has 4 rings (SSSR count). The van der Waals surface area contributed by atoms with Crippen LogP contribution in [0.25, 0.3) is 11.0 Å². The maximum Gasteiger partial charge on any atom is 0.325 e. The maximum atomic E-state index is 12.7. The summed E-state index contributed by atoms with van der Waals surface area (Å²) < 4.78 is 27.9. The first kappa shape index (κ1) is 27.4. The number of sulfonamides is 1. The third kappa shape index (κ3) is 7.45. The fraction of sp³-hybridized carbons (Fsp3) is 0.179. The monoisotopic (exact) mass is 545 g/mol. The summed E-state index contributed by atoms with van der Waals surface area (Å²) in [6.07, 6.45) is 1.77. The van der Waals surface area contributed by atoms with Crippen molar-refractivity contribution in [2.45, 2.75) is 32.6 Å². The predicted molar refractivity (Wildman–Crippen MR) is 156 cm³/mol. The van der Waals surface area contributed by atoms with E-state index in [1.54, 1.807) is 49.4 Å². The first-order chi connectivity index (χ1) is 18.5. The second-order valence-electron chi connectivity index (χ2n) is 9.86. The SMILES string of the molecule is C/C(=C\C(=N/Nc1ccc(S(=O)(=O)Nc2ccccc2)cc1)C(C)(C)C)NC(=O)Nc1nc2ccccc2[nH]1. The van der Waals surface area contributed by atoms with E-state index in [1.807, 2.05) is 51.1 Å². The third-order valence-electron chi connectivity index (χ3n) is 5.55. The molecule has 0 aliphatic rings. The summed E-state index contributed by atoms with van der Waals surface area (Å²) >= 11 is 0. The van der Waals surface area contributed by atoms with Crippen molar-refractivity contribution >= 4 is 50.1 Å². The smallest absolute Gasteiger partial charge is 0.324 e. The van der Waals surface area contributed by atoms with Crippen molar-refractivity contribution in [1.29, 1.82) is 0 Å². The number of amides is 2. The van der Waals surface area contributed by atoms with Crippen LogP contribution in [0.15, 0.2) is 101 Å². The Labute approximate surface area is 227 Å². The van der Waals surface area contributed by atoms with Gasteiger partial charge in [-0.1, -0.05) is 51.1 Å². The van der Waals surface area contributed by atoms with Crippen molar-refractivity contribution in [2.75, 3.05) is 15.5 Å². The molecular formula is C28H31N7O3S. The fourth-order valence-electron chi connectivity index (χ4n) is 3.54. The van der Waals surface area contributed by atoms with Crippen LogP contribution >= 0.6 is 0 Å². The van der Waals surface area contributed by atoms with Crippen LogP contribution in [0.5, 0.6) is 0 Å². The lowest BCUT2D eigenvalue weighted by molar-refractivity contribution is 0.254. The third-order valence-corrected chi connectivity index (χ3v) is 6.95. The lowest BCUT2D eigenvalue weighted by Crippen LogP contribution is -2.29. The maximum absolute atomic E-state index is 12.7. The van der Waals surface area contributed by atoms with E-state index in [4.69, 9.17) is 0 Å². The number of allylic oxidation sites excluding steroid dienone is 2. The molecule has 2 amide bonds. The van der Waals surface area contributed by atoms with E-state index in [9.17, 15) is 13.2 Å². The molecule has 0 fully saturated rings. The van der Waals surface area contributed by atoms with Gasteiger partial charge < -0.3 is 10.3 Å². The van der Waals surface area contributed by atoms with Crippen LogP contribution in [0.1, 0.15) is 27.7 Å². The number of urea groups is 1. The Bertz CT molecular complexity index is 1590. The first-order valence-corrected chi connectivity index (χ1v) is 13.7. The normalized spacial score (nSPS) is 12.7. The molecule has 0 unspecified atom stereocenters. The Kier molecular flexibility index (Phi) is 8.01. The number of benzene rings is 3. The van der Waals surface area contributed by atoms with Crippen LogP contribution in [0.2, 0.25) is 0 Å². The minimum absolute atomic E-state index is 0.132. The van der Waals surface area contributed by atoms with Crippen LogP contribution in [0, 0.1) is 5.41 Å². The molecule has 10 nitrogen and oxygen atoms in total. The minimum Gasteiger partial charge on any atom is -0.324 e. The van der Waals surface area contributed by atoms with Gasteiger partial charge in [-0.25, -0.2) is 18.2 Å². The van der Waals surface area contributed by atoms with Crippen LogP contribution < -0.4 is 20.8 Å². The van der Waals surface area contributed by atoms with E-state index in [0.717, 1.165) is 11.0 Å². The minimum atomic E-state index is -3.72. The number of hydrazone groups is 1. The Morgan fingerprint density at radius 2 is 1.59 bits per heavy atom. The summed E-state index contributed by atoms with van der Waals surface area (Å²) in [5.41, 5.74) is 6.55. The van der Waals surface area contributed by atoms with E-state index >= 15 is 0 Å².